The lowest BCUT2D eigenvalue weighted by Gasteiger charge is -2.31. The van der Waals surface area contributed by atoms with Crippen LogP contribution in [-0.2, 0) is 0 Å². The van der Waals surface area contributed by atoms with Crippen molar-refractivity contribution in [3.8, 4) is 5.75 Å². The molecule has 152 valence electrons. The second-order valence-corrected chi connectivity index (χ2v) is 6.97. The number of amides is 2. The molecule has 1 heterocycles. The third-order valence-electron chi connectivity index (χ3n) is 5.21. The van der Waals surface area contributed by atoms with E-state index in [0.29, 0.717) is 11.6 Å². The highest BCUT2D eigenvalue weighted by Gasteiger charge is 2.22. The molecule has 0 unspecified atom stereocenters. The first-order chi connectivity index (χ1) is 13.6. The van der Waals surface area contributed by atoms with E-state index in [4.69, 9.17) is 4.74 Å². The molecule has 1 aromatic rings. The highest BCUT2D eigenvalue weighted by Crippen LogP contribution is 2.26. The molecule has 1 aromatic carbocycles. The first-order valence-electron chi connectivity index (χ1n) is 9.95. The quantitative estimate of drug-likeness (QED) is 0.577. The van der Waals surface area contributed by atoms with E-state index in [1.807, 2.05) is 17.0 Å². The molecule has 2 rings (SSSR count). The van der Waals surface area contributed by atoms with Crippen LogP contribution in [0.1, 0.15) is 39.6 Å². The van der Waals surface area contributed by atoms with Crippen molar-refractivity contribution in [3.05, 3.63) is 73.0 Å². The molecule has 28 heavy (non-hydrogen) atoms. The number of benzene rings is 1. The highest BCUT2D eigenvalue weighted by molar-refractivity contribution is 5.76. The number of nitrogens with zero attached hydrogens (tertiary/aromatic N) is 1. The van der Waals surface area contributed by atoms with E-state index >= 15 is 0 Å². The molecule has 1 aliphatic heterocycles. The lowest BCUT2D eigenvalue weighted by Crippen LogP contribution is -2.43. The standard InChI is InChI=1S/C24H32N2O2.H2/c1-5-8-22(7-3)25-24(27)26-17-15-19(16-18-26)9-10-20(6-2)21-11-13-23(28-4)14-12-21;/h5,7-8,10-14,19H,1,3,6,9,15-18H2,2,4H3,(H,25,27);1H/b20-10+,22-8+;. The zero-order valence-electron chi connectivity index (χ0n) is 17.1. The van der Waals surface area contributed by atoms with Gasteiger partial charge >= 0.3 is 6.03 Å². The van der Waals surface area contributed by atoms with Crippen molar-refractivity contribution in [2.45, 2.75) is 32.6 Å². The van der Waals surface area contributed by atoms with Crippen LogP contribution in [0.5, 0.6) is 5.75 Å². The van der Waals surface area contributed by atoms with Crippen LogP contribution in [0.15, 0.2) is 67.4 Å². The van der Waals surface area contributed by atoms with Gasteiger partial charge in [0.25, 0.3) is 0 Å². The van der Waals surface area contributed by atoms with Crippen LogP contribution < -0.4 is 10.1 Å². The number of methoxy groups -OCH3 is 1. The zero-order chi connectivity index (χ0) is 20.4. The Balaban J connectivity index is 0.00000420. The van der Waals surface area contributed by atoms with Gasteiger partial charge in [-0.2, -0.15) is 0 Å². The fourth-order valence-corrected chi connectivity index (χ4v) is 3.44. The van der Waals surface area contributed by atoms with E-state index < -0.39 is 0 Å². The minimum absolute atomic E-state index is 0. The monoisotopic (exact) mass is 382 g/mol. The molecule has 0 spiro atoms. The van der Waals surface area contributed by atoms with Crippen LogP contribution in [0, 0.1) is 5.92 Å². The van der Waals surface area contributed by atoms with Gasteiger partial charge in [-0.05, 0) is 67.0 Å². The average molecular weight is 383 g/mol. The molecule has 0 radical (unpaired) electrons. The van der Waals surface area contributed by atoms with Gasteiger partial charge in [0.1, 0.15) is 5.75 Å². The predicted octanol–water partition coefficient (Wildman–Crippen LogP) is 5.80. The Labute approximate surface area is 170 Å². The van der Waals surface area contributed by atoms with Crippen molar-refractivity contribution in [2.24, 2.45) is 5.92 Å². The largest absolute Gasteiger partial charge is 0.497 e. The van der Waals surface area contributed by atoms with Gasteiger partial charge in [-0.25, -0.2) is 4.79 Å². The normalized spacial score (nSPS) is 15.9. The van der Waals surface area contributed by atoms with Crippen molar-refractivity contribution in [3.63, 3.8) is 0 Å². The molecular weight excluding hydrogens is 348 g/mol. The zero-order valence-corrected chi connectivity index (χ0v) is 17.1. The Morgan fingerprint density at radius 2 is 1.96 bits per heavy atom. The number of allylic oxidation sites excluding steroid dienone is 5. The molecule has 1 N–H and O–H groups in total. The number of nitrogens with one attached hydrogen (secondary N) is 1. The number of carbonyl (C=O) groups excluding carboxylic acids is 1. The summed E-state index contributed by atoms with van der Waals surface area (Å²) in [5, 5.41) is 2.88. The number of hydrogen-bond donors (Lipinski definition) is 1. The summed E-state index contributed by atoms with van der Waals surface area (Å²) in [6, 6.07) is 8.20. The maximum absolute atomic E-state index is 12.4. The number of likely N-dealkylation sites (tertiary alicyclic amines) is 1. The van der Waals surface area contributed by atoms with Crippen LogP contribution in [0.2, 0.25) is 0 Å². The second-order valence-electron chi connectivity index (χ2n) is 6.97. The SMILES string of the molecule is C=C/C=C(\C=C)NC(=O)N1CCC(C/C=C(\CC)c2ccc(OC)cc2)CC1.[HH]. The van der Waals surface area contributed by atoms with E-state index in [9.17, 15) is 4.79 Å². The minimum atomic E-state index is -0.0607. The molecule has 0 bridgehead atoms. The lowest BCUT2D eigenvalue weighted by molar-refractivity contribution is 0.173. The topological polar surface area (TPSA) is 41.6 Å². The maximum Gasteiger partial charge on any atom is 0.321 e. The summed E-state index contributed by atoms with van der Waals surface area (Å²) in [4.78, 5) is 14.2. The molecule has 0 aliphatic carbocycles. The number of ether oxygens (including phenoxy) is 1. The third kappa shape index (κ3) is 6.15. The Kier molecular flexibility index (Phi) is 8.60. The van der Waals surface area contributed by atoms with E-state index in [1.54, 1.807) is 25.3 Å². The summed E-state index contributed by atoms with van der Waals surface area (Å²) in [6.45, 7) is 11.1. The van der Waals surface area contributed by atoms with E-state index in [1.165, 1.54) is 11.1 Å². The van der Waals surface area contributed by atoms with Gasteiger partial charge in [0.15, 0.2) is 0 Å². The summed E-state index contributed by atoms with van der Waals surface area (Å²) < 4.78 is 5.24. The summed E-state index contributed by atoms with van der Waals surface area (Å²) >= 11 is 0. The molecule has 0 aromatic heterocycles. The van der Waals surface area contributed by atoms with Gasteiger partial charge < -0.3 is 15.0 Å². The number of rotatable bonds is 8. The van der Waals surface area contributed by atoms with Crippen molar-refractivity contribution in [2.75, 3.05) is 20.2 Å². The van der Waals surface area contributed by atoms with Crippen molar-refractivity contribution in [1.29, 1.82) is 0 Å². The number of urea groups is 1. The van der Waals surface area contributed by atoms with Gasteiger partial charge in [0, 0.05) is 20.2 Å². The average Bonchev–Trinajstić information content (AvgIpc) is 2.74. The summed E-state index contributed by atoms with van der Waals surface area (Å²) in [5.74, 6) is 1.50. The van der Waals surface area contributed by atoms with Crippen LogP contribution in [0.25, 0.3) is 5.57 Å². The Bertz CT molecular complexity index is 730. The van der Waals surface area contributed by atoms with Gasteiger partial charge in [-0.1, -0.05) is 44.4 Å². The molecule has 4 nitrogen and oxygen atoms in total. The maximum atomic E-state index is 12.4. The highest BCUT2D eigenvalue weighted by atomic mass is 16.5. The first-order valence-corrected chi connectivity index (χ1v) is 9.95. The van der Waals surface area contributed by atoms with Gasteiger partial charge in [-0.15, -0.1) is 0 Å². The molecular formula is C24H34N2O2. The van der Waals surface area contributed by atoms with Crippen molar-refractivity contribution >= 4 is 11.6 Å². The molecule has 2 amide bonds. The van der Waals surface area contributed by atoms with E-state index in [2.05, 4.69) is 43.6 Å². The minimum Gasteiger partial charge on any atom is -0.497 e. The van der Waals surface area contributed by atoms with Gasteiger partial charge in [0.2, 0.25) is 0 Å². The van der Waals surface area contributed by atoms with E-state index in [0.717, 1.165) is 44.5 Å². The Hall–Kier alpha value is -2.75. The number of hydrogen-bond acceptors (Lipinski definition) is 2. The molecule has 0 atom stereocenters. The fraction of sp³-hybridized carbons (Fsp3) is 0.375. The van der Waals surface area contributed by atoms with Crippen LogP contribution in [-0.4, -0.2) is 31.1 Å². The summed E-state index contributed by atoms with van der Waals surface area (Å²) in [6.07, 6.45) is 11.5. The van der Waals surface area contributed by atoms with Gasteiger partial charge in [-0.3, -0.25) is 0 Å². The lowest BCUT2D eigenvalue weighted by atomic mass is 9.91. The summed E-state index contributed by atoms with van der Waals surface area (Å²) in [7, 11) is 1.69. The van der Waals surface area contributed by atoms with Gasteiger partial charge in [0.05, 0.1) is 7.11 Å². The summed E-state index contributed by atoms with van der Waals surface area (Å²) in [5.41, 5.74) is 3.30. The third-order valence-corrected chi connectivity index (χ3v) is 5.21. The number of piperidine rings is 1. The van der Waals surface area contributed by atoms with E-state index in [-0.39, 0.29) is 7.46 Å². The first kappa shape index (κ1) is 21.5. The smallest absolute Gasteiger partial charge is 0.321 e. The van der Waals surface area contributed by atoms with Crippen LogP contribution in [0.4, 0.5) is 4.79 Å². The van der Waals surface area contributed by atoms with Crippen molar-refractivity contribution in [1.82, 2.24) is 10.2 Å². The van der Waals surface area contributed by atoms with Crippen LogP contribution >= 0.6 is 0 Å². The fourth-order valence-electron chi connectivity index (χ4n) is 3.44. The Morgan fingerprint density at radius 3 is 2.50 bits per heavy atom. The number of carbonyl (C=O) groups is 1. The van der Waals surface area contributed by atoms with Crippen LogP contribution in [0.3, 0.4) is 0 Å². The second kappa shape index (κ2) is 11.2. The molecule has 1 fully saturated rings. The van der Waals surface area contributed by atoms with Crippen molar-refractivity contribution < 1.29 is 11.0 Å². The molecule has 1 saturated heterocycles. The predicted molar refractivity (Wildman–Crippen MR) is 119 cm³/mol. The molecule has 4 heteroatoms. The Morgan fingerprint density at radius 1 is 1.29 bits per heavy atom. The molecule has 1 aliphatic rings. The molecule has 0 saturated carbocycles.